The van der Waals surface area contributed by atoms with Crippen LogP contribution in [-0.2, 0) is 4.74 Å². The molecular weight excluding hydrogens is 258 g/mol. The monoisotopic (exact) mass is 297 g/mol. The van der Waals surface area contributed by atoms with Crippen LogP contribution in [0.15, 0.2) is 0 Å². The zero-order valence-corrected chi connectivity index (χ0v) is 15.2. The molecule has 2 nitrogen and oxygen atoms in total. The quantitative estimate of drug-likeness (QED) is 0.571. The summed E-state index contributed by atoms with van der Waals surface area (Å²) in [4.78, 5) is 0. The second-order valence-corrected chi connectivity index (χ2v) is 7.69. The highest BCUT2D eigenvalue weighted by atomic mass is 16.5. The molecule has 0 heterocycles. The van der Waals surface area contributed by atoms with E-state index in [1.165, 1.54) is 64.5 Å². The minimum atomic E-state index is 0.0408. The van der Waals surface area contributed by atoms with Crippen molar-refractivity contribution in [2.75, 3.05) is 20.2 Å². The van der Waals surface area contributed by atoms with E-state index in [9.17, 15) is 0 Å². The highest BCUT2D eigenvalue weighted by Gasteiger charge is 2.31. The van der Waals surface area contributed by atoms with E-state index in [0.717, 1.165) is 17.8 Å². The number of nitrogens with one attached hydrogen (secondary N) is 1. The first-order valence-electron chi connectivity index (χ1n) is 9.28. The van der Waals surface area contributed by atoms with Crippen molar-refractivity contribution in [3.63, 3.8) is 0 Å². The Morgan fingerprint density at radius 2 is 1.81 bits per heavy atom. The fourth-order valence-electron chi connectivity index (χ4n) is 3.82. The Kier molecular flexibility index (Phi) is 8.89. The van der Waals surface area contributed by atoms with E-state index >= 15 is 0 Å². The van der Waals surface area contributed by atoms with Crippen molar-refractivity contribution in [1.82, 2.24) is 5.32 Å². The van der Waals surface area contributed by atoms with Crippen molar-refractivity contribution in [3.05, 3.63) is 0 Å². The first kappa shape index (κ1) is 19.0. The molecular formula is C19H39NO. The average molecular weight is 298 g/mol. The molecule has 0 bridgehead atoms. The maximum Gasteiger partial charge on any atom is 0.0622 e. The standard InChI is InChI=1S/C19H39NO/c1-6-8-16-9-10-18(15-20-13-7-2)17(14-16)11-12-19(3,4)21-5/h16-18,20H,6-15H2,1-5H3. The summed E-state index contributed by atoms with van der Waals surface area (Å²) in [7, 11) is 1.85. The van der Waals surface area contributed by atoms with E-state index in [-0.39, 0.29) is 5.60 Å². The van der Waals surface area contributed by atoms with E-state index < -0.39 is 0 Å². The topological polar surface area (TPSA) is 21.3 Å². The lowest BCUT2D eigenvalue weighted by Crippen LogP contribution is -2.35. The molecule has 2 heteroatoms. The van der Waals surface area contributed by atoms with Crippen LogP contribution in [-0.4, -0.2) is 25.8 Å². The molecule has 0 amide bonds. The van der Waals surface area contributed by atoms with Crippen molar-refractivity contribution in [1.29, 1.82) is 0 Å². The SMILES string of the molecule is CCCNCC1CCC(CCC)CC1CCC(C)(C)OC. The Bertz CT molecular complexity index is 264. The first-order valence-corrected chi connectivity index (χ1v) is 9.28. The fourth-order valence-corrected chi connectivity index (χ4v) is 3.82. The lowest BCUT2D eigenvalue weighted by Gasteiger charge is -2.38. The van der Waals surface area contributed by atoms with Crippen molar-refractivity contribution >= 4 is 0 Å². The molecule has 1 aliphatic carbocycles. The van der Waals surface area contributed by atoms with Gasteiger partial charge in [-0.1, -0.05) is 33.1 Å². The summed E-state index contributed by atoms with van der Waals surface area (Å²) in [5.41, 5.74) is 0.0408. The Morgan fingerprint density at radius 3 is 2.43 bits per heavy atom. The van der Waals surface area contributed by atoms with Gasteiger partial charge in [0.2, 0.25) is 0 Å². The number of rotatable bonds is 10. The van der Waals surface area contributed by atoms with Gasteiger partial charge in [-0.2, -0.15) is 0 Å². The summed E-state index contributed by atoms with van der Waals surface area (Å²) in [6.45, 7) is 11.4. The maximum atomic E-state index is 5.62. The van der Waals surface area contributed by atoms with E-state index in [4.69, 9.17) is 4.74 Å². The minimum absolute atomic E-state index is 0.0408. The van der Waals surface area contributed by atoms with Gasteiger partial charge >= 0.3 is 0 Å². The van der Waals surface area contributed by atoms with Crippen molar-refractivity contribution in [2.24, 2.45) is 17.8 Å². The summed E-state index contributed by atoms with van der Waals surface area (Å²) >= 11 is 0. The Balaban J connectivity index is 2.51. The van der Waals surface area contributed by atoms with Crippen LogP contribution in [0.5, 0.6) is 0 Å². The van der Waals surface area contributed by atoms with Crippen molar-refractivity contribution < 1.29 is 4.74 Å². The molecule has 0 aromatic heterocycles. The molecule has 3 atom stereocenters. The normalized spacial score (nSPS) is 27.0. The van der Waals surface area contributed by atoms with Gasteiger partial charge in [0.05, 0.1) is 5.60 Å². The summed E-state index contributed by atoms with van der Waals surface area (Å²) < 4.78 is 5.62. The van der Waals surface area contributed by atoms with Gasteiger partial charge in [-0.05, 0) is 76.8 Å². The zero-order chi connectivity index (χ0) is 15.7. The van der Waals surface area contributed by atoms with Gasteiger partial charge < -0.3 is 10.1 Å². The Labute approximate surface area is 133 Å². The summed E-state index contributed by atoms with van der Waals surface area (Å²) in [5, 5.41) is 3.66. The molecule has 0 spiro atoms. The van der Waals surface area contributed by atoms with E-state index in [1.807, 2.05) is 7.11 Å². The molecule has 1 saturated carbocycles. The lowest BCUT2D eigenvalue weighted by atomic mass is 9.70. The van der Waals surface area contributed by atoms with Crippen LogP contribution in [0.4, 0.5) is 0 Å². The fraction of sp³-hybridized carbons (Fsp3) is 1.00. The third-order valence-electron chi connectivity index (χ3n) is 5.45. The predicted molar refractivity (Wildman–Crippen MR) is 92.7 cm³/mol. The predicted octanol–water partition coefficient (Wildman–Crippen LogP) is 5.02. The molecule has 1 N–H and O–H groups in total. The van der Waals surface area contributed by atoms with Crippen LogP contribution < -0.4 is 5.32 Å². The highest BCUT2D eigenvalue weighted by molar-refractivity contribution is 4.83. The van der Waals surface area contributed by atoms with Gasteiger partial charge in [0.15, 0.2) is 0 Å². The van der Waals surface area contributed by atoms with Gasteiger partial charge in [0, 0.05) is 7.11 Å². The van der Waals surface area contributed by atoms with Crippen molar-refractivity contribution in [2.45, 2.75) is 84.7 Å². The second kappa shape index (κ2) is 9.84. The molecule has 126 valence electrons. The third kappa shape index (κ3) is 7.15. The number of hydrogen-bond donors (Lipinski definition) is 1. The average Bonchev–Trinajstić information content (AvgIpc) is 2.47. The Hall–Kier alpha value is -0.0800. The second-order valence-electron chi connectivity index (χ2n) is 7.69. The number of methoxy groups -OCH3 is 1. The Morgan fingerprint density at radius 1 is 1.05 bits per heavy atom. The minimum Gasteiger partial charge on any atom is -0.379 e. The maximum absolute atomic E-state index is 5.62. The van der Waals surface area contributed by atoms with Crippen LogP contribution in [0.2, 0.25) is 0 Å². The molecule has 0 aromatic rings. The highest BCUT2D eigenvalue weighted by Crippen LogP contribution is 2.39. The van der Waals surface area contributed by atoms with Gasteiger partial charge in [0.25, 0.3) is 0 Å². The van der Waals surface area contributed by atoms with Crippen molar-refractivity contribution in [3.8, 4) is 0 Å². The van der Waals surface area contributed by atoms with Gasteiger partial charge in [0.1, 0.15) is 0 Å². The molecule has 1 rings (SSSR count). The lowest BCUT2D eigenvalue weighted by molar-refractivity contribution is 0.00432. The van der Waals surface area contributed by atoms with E-state index in [2.05, 4.69) is 33.0 Å². The first-order chi connectivity index (χ1) is 10.0. The number of ether oxygens (including phenoxy) is 1. The third-order valence-corrected chi connectivity index (χ3v) is 5.45. The molecule has 0 saturated heterocycles. The van der Waals surface area contributed by atoms with Gasteiger partial charge in [-0.3, -0.25) is 0 Å². The smallest absolute Gasteiger partial charge is 0.0622 e. The van der Waals surface area contributed by atoms with E-state index in [1.54, 1.807) is 0 Å². The molecule has 0 aromatic carbocycles. The van der Waals surface area contributed by atoms with Crippen LogP contribution in [0.1, 0.15) is 79.1 Å². The summed E-state index contributed by atoms with van der Waals surface area (Å²) in [6.07, 6.45) is 10.9. The molecule has 0 radical (unpaired) electrons. The molecule has 1 aliphatic rings. The number of hydrogen-bond acceptors (Lipinski definition) is 2. The van der Waals surface area contributed by atoms with Gasteiger partial charge in [-0.15, -0.1) is 0 Å². The van der Waals surface area contributed by atoms with Crippen LogP contribution in [0, 0.1) is 17.8 Å². The molecule has 0 aliphatic heterocycles. The van der Waals surface area contributed by atoms with Gasteiger partial charge in [-0.25, -0.2) is 0 Å². The molecule has 1 fully saturated rings. The largest absolute Gasteiger partial charge is 0.379 e. The zero-order valence-electron chi connectivity index (χ0n) is 15.2. The summed E-state index contributed by atoms with van der Waals surface area (Å²) in [6, 6.07) is 0. The molecule has 21 heavy (non-hydrogen) atoms. The van der Waals surface area contributed by atoms with E-state index in [0.29, 0.717) is 0 Å². The van der Waals surface area contributed by atoms with Crippen LogP contribution in [0.25, 0.3) is 0 Å². The summed E-state index contributed by atoms with van der Waals surface area (Å²) in [5.74, 6) is 2.76. The van der Waals surface area contributed by atoms with Crippen LogP contribution in [0.3, 0.4) is 0 Å². The molecule has 3 unspecified atom stereocenters. The van der Waals surface area contributed by atoms with Crippen LogP contribution >= 0.6 is 0 Å².